The van der Waals surface area contributed by atoms with Gasteiger partial charge in [0.05, 0.1) is 13.2 Å². The zero-order valence-corrected chi connectivity index (χ0v) is 10.6. The van der Waals surface area contributed by atoms with E-state index in [2.05, 4.69) is 0 Å². The van der Waals surface area contributed by atoms with Crippen LogP contribution in [0.2, 0.25) is 0 Å². The molecule has 3 heteroatoms. The summed E-state index contributed by atoms with van der Waals surface area (Å²) < 4.78 is 5.51. The standard InChI is InChI=1S/C16H16O3/c17-12-13-5-4-8-15(11-13)19-10-9-16(18)14-6-2-1-3-7-14/h1-8,11,17H,9-10,12H2. The van der Waals surface area contributed by atoms with Crippen molar-refractivity contribution in [3.05, 3.63) is 65.7 Å². The van der Waals surface area contributed by atoms with Crippen molar-refractivity contribution in [2.45, 2.75) is 13.0 Å². The van der Waals surface area contributed by atoms with Crippen LogP contribution in [0.15, 0.2) is 54.6 Å². The first-order chi connectivity index (χ1) is 9.29. The van der Waals surface area contributed by atoms with Gasteiger partial charge in [0.1, 0.15) is 5.75 Å². The van der Waals surface area contributed by atoms with Crippen LogP contribution in [0.3, 0.4) is 0 Å². The van der Waals surface area contributed by atoms with Gasteiger partial charge in [0.15, 0.2) is 5.78 Å². The summed E-state index contributed by atoms with van der Waals surface area (Å²) in [5.41, 5.74) is 1.50. The molecule has 0 fully saturated rings. The Morgan fingerprint density at radius 1 is 1.05 bits per heavy atom. The zero-order chi connectivity index (χ0) is 13.5. The lowest BCUT2D eigenvalue weighted by molar-refractivity contribution is 0.0962. The molecule has 0 aliphatic heterocycles. The van der Waals surface area contributed by atoms with Crippen LogP contribution in [0.5, 0.6) is 5.75 Å². The number of ether oxygens (including phenoxy) is 1. The van der Waals surface area contributed by atoms with Gasteiger partial charge in [-0.2, -0.15) is 0 Å². The Balaban J connectivity index is 1.85. The molecule has 2 aromatic carbocycles. The maximum Gasteiger partial charge on any atom is 0.166 e. The van der Waals surface area contributed by atoms with Gasteiger partial charge in [0.2, 0.25) is 0 Å². The highest BCUT2D eigenvalue weighted by Gasteiger charge is 2.05. The Morgan fingerprint density at radius 2 is 1.84 bits per heavy atom. The summed E-state index contributed by atoms with van der Waals surface area (Å²) in [7, 11) is 0. The maximum atomic E-state index is 11.8. The molecule has 0 unspecified atom stereocenters. The van der Waals surface area contributed by atoms with Crippen molar-refractivity contribution in [3.63, 3.8) is 0 Å². The second-order valence-electron chi connectivity index (χ2n) is 4.19. The summed E-state index contributed by atoms with van der Waals surface area (Å²) in [4.78, 5) is 11.8. The quantitative estimate of drug-likeness (QED) is 0.808. The molecule has 1 N–H and O–H groups in total. The van der Waals surface area contributed by atoms with E-state index in [0.29, 0.717) is 24.3 Å². The van der Waals surface area contributed by atoms with Gasteiger partial charge in [-0.05, 0) is 17.7 Å². The van der Waals surface area contributed by atoms with Crippen LogP contribution in [0.25, 0.3) is 0 Å². The summed E-state index contributed by atoms with van der Waals surface area (Å²) >= 11 is 0. The van der Waals surface area contributed by atoms with Gasteiger partial charge in [-0.25, -0.2) is 0 Å². The van der Waals surface area contributed by atoms with E-state index in [0.717, 1.165) is 5.56 Å². The number of aliphatic hydroxyl groups is 1. The van der Waals surface area contributed by atoms with Gasteiger partial charge < -0.3 is 9.84 Å². The summed E-state index contributed by atoms with van der Waals surface area (Å²) in [5, 5.41) is 9.01. The highest BCUT2D eigenvalue weighted by atomic mass is 16.5. The third kappa shape index (κ3) is 3.93. The molecule has 0 aliphatic rings. The third-order valence-corrected chi connectivity index (χ3v) is 2.77. The van der Waals surface area contributed by atoms with Gasteiger partial charge in [-0.3, -0.25) is 4.79 Å². The van der Waals surface area contributed by atoms with Crippen LogP contribution in [0.4, 0.5) is 0 Å². The van der Waals surface area contributed by atoms with Crippen molar-refractivity contribution in [1.29, 1.82) is 0 Å². The number of hydrogen-bond acceptors (Lipinski definition) is 3. The molecule has 0 saturated carbocycles. The van der Waals surface area contributed by atoms with Gasteiger partial charge >= 0.3 is 0 Å². The Hall–Kier alpha value is -2.13. The molecule has 0 spiro atoms. The third-order valence-electron chi connectivity index (χ3n) is 2.77. The Kier molecular flexibility index (Phi) is 4.70. The summed E-state index contributed by atoms with van der Waals surface area (Å²) in [6.45, 7) is 0.322. The number of ketones is 1. The predicted octanol–water partition coefficient (Wildman–Crippen LogP) is 2.83. The van der Waals surface area contributed by atoms with Crippen LogP contribution in [-0.4, -0.2) is 17.5 Å². The minimum absolute atomic E-state index is 0.0137. The number of Topliss-reactive ketones (excluding diaryl/α,β-unsaturated/α-hetero) is 1. The zero-order valence-electron chi connectivity index (χ0n) is 10.6. The van der Waals surface area contributed by atoms with E-state index in [1.54, 1.807) is 18.2 Å². The Morgan fingerprint density at radius 3 is 2.58 bits per heavy atom. The number of rotatable bonds is 6. The van der Waals surface area contributed by atoms with Gasteiger partial charge in [-0.1, -0.05) is 42.5 Å². The molecule has 3 nitrogen and oxygen atoms in total. The minimum atomic E-state index is -0.0137. The highest BCUT2D eigenvalue weighted by molar-refractivity contribution is 5.96. The molecule has 98 valence electrons. The van der Waals surface area contributed by atoms with E-state index < -0.39 is 0 Å². The highest BCUT2D eigenvalue weighted by Crippen LogP contribution is 2.14. The average molecular weight is 256 g/mol. The smallest absolute Gasteiger partial charge is 0.166 e. The number of carbonyl (C=O) groups excluding carboxylic acids is 1. The van der Waals surface area contributed by atoms with Crippen LogP contribution >= 0.6 is 0 Å². The van der Waals surface area contributed by atoms with Crippen molar-refractivity contribution >= 4 is 5.78 Å². The molecule has 0 atom stereocenters. The summed E-state index contributed by atoms with van der Waals surface area (Å²) in [6, 6.07) is 16.4. The SMILES string of the molecule is O=C(CCOc1cccc(CO)c1)c1ccccc1. The average Bonchev–Trinajstić information content (AvgIpc) is 2.48. The summed E-state index contributed by atoms with van der Waals surface area (Å²) in [5.74, 6) is 0.742. The number of carbonyl (C=O) groups is 1. The molecule has 0 aromatic heterocycles. The predicted molar refractivity (Wildman–Crippen MR) is 73.2 cm³/mol. The molecule has 0 aliphatic carbocycles. The lowest BCUT2D eigenvalue weighted by atomic mass is 10.1. The lowest BCUT2D eigenvalue weighted by Gasteiger charge is -2.07. The molecule has 0 heterocycles. The van der Waals surface area contributed by atoms with Gasteiger partial charge in [0, 0.05) is 12.0 Å². The number of aliphatic hydroxyl groups excluding tert-OH is 1. The molecule has 0 amide bonds. The fraction of sp³-hybridized carbons (Fsp3) is 0.188. The molecule has 0 bridgehead atoms. The molecule has 19 heavy (non-hydrogen) atoms. The molecular formula is C16H16O3. The van der Waals surface area contributed by atoms with Crippen LogP contribution in [0.1, 0.15) is 22.3 Å². The largest absolute Gasteiger partial charge is 0.493 e. The molecule has 0 saturated heterocycles. The molecular weight excluding hydrogens is 240 g/mol. The first kappa shape index (κ1) is 13.3. The minimum Gasteiger partial charge on any atom is -0.493 e. The number of hydrogen-bond donors (Lipinski definition) is 1. The Labute approximate surface area is 112 Å². The Bertz CT molecular complexity index is 535. The lowest BCUT2D eigenvalue weighted by Crippen LogP contribution is -2.06. The van der Waals surface area contributed by atoms with Gasteiger partial charge in [-0.15, -0.1) is 0 Å². The van der Waals surface area contributed by atoms with E-state index in [1.807, 2.05) is 36.4 Å². The van der Waals surface area contributed by atoms with Crippen molar-refractivity contribution in [2.24, 2.45) is 0 Å². The van der Waals surface area contributed by atoms with Crippen LogP contribution in [-0.2, 0) is 6.61 Å². The topological polar surface area (TPSA) is 46.5 Å². The molecule has 2 rings (SSSR count). The monoisotopic (exact) mass is 256 g/mol. The van der Waals surface area contributed by atoms with Gasteiger partial charge in [0.25, 0.3) is 0 Å². The maximum absolute atomic E-state index is 11.8. The van der Waals surface area contributed by atoms with Crippen molar-refractivity contribution < 1.29 is 14.6 Å². The van der Waals surface area contributed by atoms with Crippen LogP contribution in [0, 0.1) is 0 Å². The van der Waals surface area contributed by atoms with Crippen molar-refractivity contribution in [3.8, 4) is 5.75 Å². The van der Waals surface area contributed by atoms with E-state index in [1.165, 1.54) is 0 Å². The van der Waals surface area contributed by atoms with Crippen LogP contribution < -0.4 is 4.74 Å². The van der Waals surface area contributed by atoms with Crippen molar-refractivity contribution in [2.75, 3.05) is 6.61 Å². The second kappa shape index (κ2) is 6.71. The van der Waals surface area contributed by atoms with E-state index in [4.69, 9.17) is 9.84 Å². The first-order valence-electron chi connectivity index (χ1n) is 6.20. The molecule has 0 radical (unpaired) electrons. The van der Waals surface area contributed by atoms with Crippen molar-refractivity contribution in [1.82, 2.24) is 0 Å². The fourth-order valence-electron chi connectivity index (χ4n) is 1.76. The first-order valence-corrected chi connectivity index (χ1v) is 6.20. The van der Waals surface area contributed by atoms with E-state index in [-0.39, 0.29) is 12.4 Å². The normalized spacial score (nSPS) is 10.2. The van der Waals surface area contributed by atoms with E-state index in [9.17, 15) is 4.79 Å². The van der Waals surface area contributed by atoms with E-state index >= 15 is 0 Å². The molecule has 2 aromatic rings. The number of benzene rings is 2. The fourth-order valence-corrected chi connectivity index (χ4v) is 1.76. The second-order valence-corrected chi connectivity index (χ2v) is 4.19. The summed E-state index contributed by atoms with van der Waals surface area (Å²) in [6.07, 6.45) is 0.341.